The van der Waals surface area contributed by atoms with E-state index in [-0.39, 0.29) is 17.9 Å². The SMILES string of the molecule is CON(C)C(=O)C(C)=C[C@H](C(C)C)N(C)C(=O)O. The van der Waals surface area contributed by atoms with Gasteiger partial charge in [-0.1, -0.05) is 19.9 Å². The Hall–Kier alpha value is -1.56. The van der Waals surface area contributed by atoms with Crippen molar-refractivity contribution in [1.82, 2.24) is 9.96 Å². The standard InChI is InChI=1S/C12H22N2O4/c1-8(2)10(13(4)12(16)17)7-9(3)11(15)14(5)18-6/h7-8,10H,1-6H3,(H,16,17)/t10-/m1/s1. The van der Waals surface area contributed by atoms with Gasteiger partial charge in [-0.05, 0) is 12.8 Å². The summed E-state index contributed by atoms with van der Waals surface area (Å²) in [5.74, 6) is -0.219. The number of rotatable bonds is 5. The van der Waals surface area contributed by atoms with Gasteiger partial charge in [0.2, 0.25) is 0 Å². The summed E-state index contributed by atoms with van der Waals surface area (Å²) in [4.78, 5) is 28.7. The molecule has 0 radical (unpaired) electrons. The van der Waals surface area contributed by atoms with Crippen LogP contribution in [0, 0.1) is 5.92 Å². The number of nitrogens with zero attached hydrogens (tertiary/aromatic N) is 2. The number of carboxylic acid groups (broad SMARTS) is 1. The highest BCUT2D eigenvalue weighted by molar-refractivity contribution is 5.92. The molecule has 0 rings (SSSR count). The zero-order valence-corrected chi connectivity index (χ0v) is 11.8. The molecule has 6 nitrogen and oxygen atoms in total. The van der Waals surface area contributed by atoms with Crippen LogP contribution in [0.2, 0.25) is 0 Å². The fourth-order valence-corrected chi connectivity index (χ4v) is 1.54. The quantitative estimate of drug-likeness (QED) is 0.600. The Labute approximate surface area is 108 Å². The Morgan fingerprint density at radius 3 is 2.11 bits per heavy atom. The van der Waals surface area contributed by atoms with Crippen LogP contribution in [0.25, 0.3) is 0 Å². The van der Waals surface area contributed by atoms with E-state index in [1.807, 2.05) is 13.8 Å². The van der Waals surface area contributed by atoms with Gasteiger partial charge in [-0.25, -0.2) is 9.86 Å². The molecular formula is C12H22N2O4. The average molecular weight is 258 g/mol. The molecule has 0 aliphatic rings. The minimum Gasteiger partial charge on any atom is -0.465 e. The van der Waals surface area contributed by atoms with Crippen molar-refractivity contribution in [2.75, 3.05) is 21.2 Å². The first-order valence-corrected chi connectivity index (χ1v) is 5.68. The van der Waals surface area contributed by atoms with Crippen molar-refractivity contribution in [3.8, 4) is 0 Å². The molecule has 1 atom stereocenters. The van der Waals surface area contributed by atoms with Crippen LogP contribution in [0.3, 0.4) is 0 Å². The molecule has 2 amide bonds. The Morgan fingerprint density at radius 2 is 1.78 bits per heavy atom. The van der Waals surface area contributed by atoms with Gasteiger partial charge < -0.3 is 10.0 Å². The molecule has 0 saturated carbocycles. The zero-order valence-electron chi connectivity index (χ0n) is 11.8. The summed E-state index contributed by atoms with van der Waals surface area (Å²) in [7, 11) is 4.39. The third kappa shape index (κ3) is 4.37. The van der Waals surface area contributed by atoms with Crippen LogP contribution >= 0.6 is 0 Å². The van der Waals surface area contributed by atoms with Crippen LogP contribution in [0.1, 0.15) is 20.8 Å². The second-order valence-electron chi connectivity index (χ2n) is 4.46. The summed E-state index contributed by atoms with van der Waals surface area (Å²) in [6.45, 7) is 5.44. The summed E-state index contributed by atoms with van der Waals surface area (Å²) >= 11 is 0. The fourth-order valence-electron chi connectivity index (χ4n) is 1.54. The van der Waals surface area contributed by atoms with Gasteiger partial charge in [0, 0.05) is 19.7 Å². The van der Waals surface area contributed by atoms with E-state index < -0.39 is 6.09 Å². The van der Waals surface area contributed by atoms with Gasteiger partial charge >= 0.3 is 6.09 Å². The average Bonchev–Trinajstić information content (AvgIpc) is 2.32. The van der Waals surface area contributed by atoms with Gasteiger partial charge in [-0.15, -0.1) is 0 Å². The van der Waals surface area contributed by atoms with Crippen LogP contribution in [0.4, 0.5) is 4.79 Å². The summed E-state index contributed by atoms with van der Waals surface area (Å²) in [6.07, 6.45) is 0.627. The van der Waals surface area contributed by atoms with Crippen molar-refractivity contribution >= 4 is 12.0 Å². The number of hydroxylamine groups is 2. The van der Waals surface area contributed by atoms with Crippen LogP contribution in [-0.2, 0) is 9.63 Å². The maximum absolute atomic E-state index is 11.8. The molecular weight excluding hydrogens is 236 g/mol. The van der Waals surface area contributed by atoms with Crippen LogP contribution < -0.4 is 0 Å². The number of carbonyl (C=O) groups is 2. The number of amides is 2. The molecule has 18 heavy (non-hydrogen) atoms. The lowest BCUT2D eigenvalue weighted by molar-refractivity contribution is -0.163. The highest BCUT2D eigenvalue weighted by Crippen LogP contribution is 2.14. The van der Waals surface area contributed by atoms with E-state index in [0.29, 0.717) is 5.57 Å². The van der Waals surface area contributed by atoms with Crippen molar-refractivity contribution in [2.45, 2.75) is 26.8 Å². The highest BCUT2D eigenvalue weighted by atomic mass is 16.7. The predicted octanol–water partition coefficient (Wildman–Crippen LogP) is 1.59. The molecule has 0 aromatic heterocycles. The molecule has 0 fully saturated rings. The molecule has 0 spiro atoms. The molecule has 104 valence electrons. The van der Waals surface area contributed by atoms with Crippen LogP contribution in [0.15, 0.2) is 11.6 Å². The molecule has 0 aromatic rings. The maximum atomic E-state index is 11.8. The maximum Gasteiger partial charge on any atom is 0.407 e. The number of carbonyl (C=O) groups excluding carboxylic acids is 1. The Bertz CT molecular complexity index is 339. The number of hydrogen-bond donors (Lipinski definition) is 1. The molecule has 0 aliphatic heterocycles. The van der Waals surface area contributed by atoms with Crippen LogP contribution in [0.5, 0.6) is 0 Å². The normalized spacial score (nSPS) is 13.4. The van der Waals surface area contributed by atoms with Gasteiger partial charge in [-0.2, -0.15) is 0 Å². The van der Waals surface area contributed by atoms with Gasteiger partial charge in [-0.3, -0.25) is 9.63 Å². The summed E-state index contributed by atoms with van der Waals surface area (Å²) < 4.78 is 0. The Kier molecular flexibility index (Phi) is 6.40. The summed E-state index contributed by atoms with van der Waals surface area (Å²) in [5, 5.41) is 10.1. The van der Waals surface area contributed by atoms with Crippen molar-refractivity contribution in [1.29, 1.82) is 0 Å². The van der Waals surface area contributed by atoms with Crippen molar-refractivity contribution in [3.05, 3.63) is 11.6 Å². The highest BCUT2D eigenvalue weighted by Gasteiger charge is 2.22. The van der Waals surface area contributed by atoms with Gasteiger partial charge in [0.25, 0.3) is 5.91 Å². The number of hydrogen-bond acceptors (Lipinski definition) is 3. The first-order chi connectivity index (χ1) is 8.22. The van der Waals surface area contributed by atoms with E-state index >= 15 is 0 Å². The van der Waals surface area contributed by atoms with E-state index in [2.05, 4.69) is 0 Å². The first-order valence-electron chi connectivity index (χ1n) is 5.68. The minimum atomic E-state index is -1.02. The molecule has 0 bridgehead atoms. The molecule has 6 heteroatoms. The molecule has 0 aromatic carbocycles. The van der Waals surface area contributed by atoms with Gasteiger partial charge in [0.15, 0.2) is 0 Å². The third-order valence-corrected chi connectivity index (χ3v) is 2.75. The molecule has 0 unspecified atom stereocenters. The molecule has 1 N–H and O–H groups in total. The predicted molar refractivity (Wildman–Crippen MR) is 67.9 cm³/mol. The third-order valence-electron chi connectivity index (χ3n) is 2.75. The number of likely N-dealkylation sites (N-methyl/N-ethyl adjacent to an activating group) is 2. The van der Waals surface area contributed by atoms with Gasteiger partial charge in [0.05, 0.1) is 13.2 Å². The largest absolute Gasteiger partial charge is 0.465 e. The Balaban J connectivity index is 5.07. The van der Waals surface area contributed by atoms with Crippen molar-refractivity contribution in [3.63, 3.8) is 0 Å². The van der Waals surface area contributed by atoms with Crippen molar-refractivity contribution in [2.24, 2.45) is 5.92 Å². The van der Waals surface area contributed by atoms with E-state index in [1.54, 1.807) is 13.0 Å². The lowest BCUT2D eigenvalue weighted by Crippen LogP contribution is -2.39. The fraction of sp³-hybridized carbons (Fsp3) is 0.667. The summed E-state index contributed by atoms with van der Waals surface area (Å²) in [5.41, 5.74) is 0.450. The lowest BCUT2D eigenvalue weighted by Gasteiger charge is -2.27. The summed E-state index contributed by atoms with van der Waals surface area (Å²) in [6, 6.07) is -0.350. The second kappa shape index (κ2) is 7.00. The zero-order chi connectivity index (χ0) is 14.5. The van der Waals surface area contributed by atoms with E-state index in [9.17, 15) is 9.59 Å². The van der Waals surface area contributed by atoms with Crippen molar-refractivity contribution < 1.29 is 19.5 Å². The lowest BCUT2D eigenvalue weighted by atomic mass is 10.0. The topological polar surface area (TPSA) is 70.1 Å². The second-order valence-corrected chi connectivity index (χ2v) is 4.46. The minimum absolute atomic E-state index is 0.0710. The monoisotopic (exact) mass is 258 g/mol. The smallest absolute Gasteiger partial charge is 0.407 e. The van der Waals surface area contributed by atoms with Crippen LogP contribution in [-0.4, -0.2) is 54.3 Å². The van der Waals surface area contributed by atoms with E-state index in [0.717, 1.165) is 5.06 Å². The van der Waals surface area contributed by atoms with Gasteiger partial charge in [0.1, 0.15) is 0 Å². The Morgan fingerprint density at radius 1 is 1.28 bits per heavy atom. The molecule has 0 heterocycles. The van der Waals surface area contributed by atoms with E-state index in [4.69, 9.17) is 9.94 Å². The molecule has 0 aliphatic carbocycles. The molecule has 0 saturated heterocycles. The van der Waals surface area contributed by atoms with E-state index in [1.165, 1.54) is 26.1 Å². The first kappa shape index (κ1) is 16.4.